The molecule has 2 fully saturated rings. The zero-order valence-electron chi connectivity index (χ0n) is 7.74. The fourth-order valence-electron chi connectivity index (χ4n) is 2.30. The average Bonchev–Trinajstić information content (AvgIpc) is 2.44. The summed E-state index contributed by atoms with van der Waals surface area (Å²) >= 11 is 0. The molecule has 1 amide bonds. The van der Waals surface area contributed by atoms with Gasteiger partial charge in [0, 0.05) is 13.1 Å². The number of hydrogen-bond donors (Lipinski definition) is 1. The minimum atomic E-state index is -0.164. The van der Waals surface area contributed by atoms with Crippen LogP contribution in [-0.2, 0) is 4.74 Å². The molecule has 1 saturated heterocycles. The zero-order valence-corrected chi connectivity index (χ0v) is 7.74. The molecule has 0 aromatic rings. The highest BCUT2D eigenvalue weighted by atomic mass is 16.6. The maximum absolute atomic E-state index is 11.4. The van der Waals surface area contributed by atoms with E-state index < -0.39 is 0 Å². The quantitative estimate of drug-likeness (QED) is 0.687. The fraction of sp³-hybridized carbons (Fsp3) is 0.889. The van der Waals surface area contributed by atoms with Gasteiger partial charge in [-0.3, -0.25) is 0 Å². The third kappa shape index (κ3) is 1.50. The summed E-state index contributed by atoms with van der Waals surface area (Å²) in [6.45, 7) is 1.16. The SMILES string of the molecule is NCCN1C(=O)OC2CCCCC21. The van der Waals surface area contributed by atoms with Crippen LogP contribution in [0.2, 0.25) is 0 Å². The highest BCUT2D eigenvalue weighted by Crippen LogP contribution is 2.31. The molecule has 0 radical (unpaired) electrons. The van der Waals surface area contributed by atoms with Gasteiger partial charge in [0.1, 0.15) is 6.10 Å². The molecular formula is C9H16N2O2. The van der Waals surface area contributed by atoms with Gasteiger partial charge in [-0.15, -0.1) is 0 Å². The lowest BCUT2D eigenvalue weighted by atomic mass is 9.92. The number of nitrogens with two attached hydrogens (primary N) is 1. The molecule has 4 nitrogen and oxygen atoms in total. The first-order valence-corrected chi connectivity index (χ1v) is 5.00. The van der Waals surface area contributed by atoms with Crippen molar-refractivity contribution in [1.82, 2.24) is 4.90 Å². The molecule has 2 atom stereocenters. The Balaban J connectivity index is 2.04. The van der Waals surface area contributed by atoms with Crippen molar-refractivity contribution in [3.05, 3.63) is 0 Å². The predicted octanol–water partition coefficient (Wildman–Crippen LogP) is 0.708. The molecule has 2 N–H and O–H groups in total. The highest BCUT2D eigenvalue weighted by molar-refractivity contribution is 5.70. The third-order valence-corrected chi connectivity index (χ3v) is 2.92. The van der Waals surface area contributed by atoms with Gasteiger partial charge in [-0.05, 0) is 19.3 Å². The van der Waals surface area contributed by atoms with Crippen molar-refractivity contribution in [3.63, 3.8) is 0 Å². The summed E-state index contributed by atoms with van der Waals surface area (Å²) in [5, 5.41) is 0. The molecule has 1 heterocycles. The number of fused-ring (bicyclic) bond motifs is 1. The van der Waals surface area contributed by atoms with Gasteiger partial charge in [-0.2, -0.15) is 0 Å². The minimum absolute atomic E-state index is 0.146. The van der Waals surface area contributed by atoms with Crippen molar-refractivity contribution < 1.29 is 9.53 Å². The van der Waals surface area contributed by atoms with Crippen molar-refractivity contribution >= 4 is 6.09 Å². The Morgan fingerprint density at radius 3 is 3.00 bits per heavy atom. The summed E-state index contributed by atoms with van der Waals surface area (Å²) in [5.74, 6) is 0. The first-order chi connectivity index (χ1) is 6.33. The van der Waals surface area contributed by atoms with Gasteiger partial charge in [-0.1, -0.05) is 6.42 Å². The van der Waals surface area contributed by atoms with Gasteiger partial charge < -0.3 is 15.4 Å². The van der Waals surface area contributed by atoms with Crippen LogP contribution in [0.4, 0.5) is 4.79 Å². The number of amides is 1. The van der Waals surface area contributed by atoms with Gasteiger partial charge in [-0.25, -0.2) is 4.79 Å². The van der Waals surface area contributed by atoms with Crippen molar-refractivity contribution in [2.75, 3.05) is 13.1 Å². The molecule has 1 saturated carbocycles. The van der Waals surface area contributed by atoms with E-state index in [1.165, 1.54) is 12.8 Å². The summed E-state index contributed by atoms with van der Waals surface area (Å²) in [6, 6.07) is 0.310. The molecule has 2 rings (SSSR count). The number of rotatable bonds is 2. The van der Waals surface area contributed by atoms with E-state index in [4.69, 9.17) is 10.5 Å². The van der Waals surface area contributed by atoms with Crippen LogP contribution < -0.4 is 5.73 Å². The Morgan fingerprint density at radius 2 is 2.23 bits per heavy atom. The van der Waals surface area contributed by atoms with Crippen molar-refractivity contribution in [2.45, 2.75) is 37.8 Å². The third-order valence-electron chi connectivity index (χ3n) is 2.92. The smallest absolute Gasteiger partial charge is 0.410 e. The van der Waals surface area contributed by atoms with Crippen LogP contribution in [0.5, 0.6) is 0 Å². The summed E-state index contributed by atoms with van der Waals surface area (Å²) in [4.78, 5) is 13.2. The summed E-state index contributed by atoms with van der Waals surface area (Å²) in [7, 11) is 0. The van der Waals surface area contributed by atoms with Crippen LogP contribution in [0.1, 0.15) is 25.7 Å². The number of nitrogens with zero attached hydrogens (tertiary/aromatic N) is 1. The van der Waals surface area contributed by atoms with E-state index in [9.17, 15) is 4.79 Å². The lowest BCUT2D eigenvalue weighted by Gasteiger charge is -2.27. The predicted molar refractivity (Wildman–Crippen MR) is 48.3 cm³/mol. The van der Waals surface area contributed by atoms with E-state index in [1.54, 1.807) is 4.90 Å². The highest BCUT2D eigenvalue weighted by Gasteiger charge is 2.41. The number of carbonyl (C=O) groups is 1. The van der Waals surface area contributed by atoms with Crippen LogP contribution in [0, 0.1) is 0 Å². The van der Waals surface area contributed by atoms with E-state index in [0.29, 0.717) is 19.1 Å². The van der Waals surface area contributed by atoms with Crippen LogP contribution >= 0.6 is 0 Å². The fourth-order valence-corrected chi connectivity index (χ4v) is 2.30. The van der Waals surface area contributed by atoms with Gasteiger partial charge in [0.2, 0.25) is 0 Å². The van der Waals surface area contributed by atoms with Crippen molar-refractivity contribution in [1.29, 1.82) is 0 Å². The van der Waals surface area contributed by atoms with Crippen LogP contribution in [0.3, 0.4) is 0 Å². The second kappa shape index (κ2) is 3.54. The number of carbonyl (C=O) groups excluding carboxylic acids is 1. The van der Waals surface area contributed by atoms with E-state index in [2.05, 4.69) is 0 Å². The summed E-state index contributed by atoms with van der Waals surface area (Å²) in [5.41, 5.74) is 5.44. The molecule has 2 unspecified atom stereocenters. The molecule has 0 aromatic carbocycles. The lowest BCUT2D eigenvalue weighted by molar-refractivity contribution is 0.113. The van der Waals surface area contributed by atoms with Gasteiger partial charge in [0.15, 0.2) is 0 Å². The second-order valence-corrected chi connectivity index (χ2v) is 3.76. The molecule has 74 valence electrons. The monoisotopic (exact) mass is 184 g/mol. The second-order valence-electron chi connectivity index (χ2n) is 3.76. The Morgan fingerprint density at radius 1 is 1.46 bits per heavy atom. The van der Waals surface area contributed by atoms with E-state index in [0.717, 1.165) is 12.8 Å². The number of ether oxygens (including phenoxy) is 1. The Kier molecular flexibility index (Phi) is 2.40. The van der Waals surface area contributed by atoms with E-state index >= 15 is 0 Å². The normalized spacial score (nSPS) is 33.0. The van der Waals surface area contributed by atoms with Gasteiger partial charge >= 0.3 is 6.09 Å². The van der Waals surface area contributed by atoms with E-state index in [1.807, 2.05) is 0 Å². The Hall–Kier alpha value is -0.770. The van der Waals surface area contributed by atoms with Gasteiger partial charge in [0.25, 0.3) is 0 Å². The van der Waals surface area contributed by atoms with Crippen LogP contribution in [-0.4, -0.2) is 36.2 Å². The molecule has 0 bridgehead atoms. The van der Waals surface area contributed by atoms with Crippen molar-refractivity contribution in [2.24, 2.45) is 5.73 Å². The average molecular weight is 184 g/mol. The first-order valence-electron chi connectivity index (χ1n) is 5.00. The van der Waals surface area contributed by atoms with Crippen molar-refractivity contribution in [3.8, 4) is 0 Å². The molecule has 4 heteroatoms. The molecule has 2 aliphatic rings. The molecule has 1 aliphatic heterocycles. The zero-order chi connectivity index (χ0) is 9.26. The largest absolute Gasteiger partial charge is 0.444 e. The Bertz CT molecular complexity index is 208. The topological polar surface area (TPSA) is 55.6 Å². The van der Waals surface area contributed by atoms with Crippen LogP contribution in [0.25, 0.3) is 0 Å². The lowest BCUT2D eigenvalue weighted by Crippen LogP contribution is -2.41. The van der Waals surface area contributed by atoms with E-state index in [-0.39, 0.29) is 12.2 Å². The number of hydrogen-bond acceptors (Lipinski definition) is 3. The maximum Gasteiger partial charge on any atom is 0.410 e. The Labute approximate surface area is 78.0 Å². The maximum atomic E-state index is 11.4. The minimum Gasteiger partial charge on any atom is -0.444 e. The standard InChI is InChI=1S/C9H16N2O2/c10-5-6-11-7-3-1-2-4-8(7)13-9(11)12/h7-8H,1-6,10H2. The van der Waals surface area contributed by atoms with Gasteiger partial charge in [0.05, 0.1) is 6.04 Å². The molecule has 1 aliphatic carbocycles. The van der Waals surface area contributed by atoms with Crippen LogP contribution in [0.15, 0.2) is 0 Å². The molecular weight excluding hydrogens is 168 g/mol. The first kappa shape index (κ1) is 8.81. The molecule has 0 aromatic heterocycles. The molecule has 13 heavy (non-hydrogen) atoms. The molecule has 0 spiro atoms. The summed E-state index contributed by atoms with van der Waals surface area (Å²) in [6.07, 6.45) is 4.48. The summed E-state index contributed by atoms with van der Waals surface area (Å²) < 4.78 is 5.26.